The monoisotopic (exact) mass is 523 g/mol. The summed E-state index contributed by atoms with van der Waals surface area (Å²) in [5, 5.41) is 14.1. The molecule has 0 aliphatic carbocycles. The third kappa shape index (κ3) is 5.21. The van der Waals surface area contributed by atoms with Gasteiger partial charge in [-0.15, -0.1) is 0 Å². The van der Waals surface area contributed by atoms with Gasteiger partial charge in [0.15, 0.2) is 5.78 Å². The fraction of sp³-hybridized carbons (Fsp3) is 0.136. The van der Waals surface area contributed by atoms with Gasteiger partial charge in [0.05, 0.1) is 15.7 Å². The molecule has 3 nitrogen and oxygen atoms in total. The highest BCUT2D eigenvalue weighted by molar-refractivity contribution is 14.1. The SMILES string of the molecule is Cc1ccc(Sc2ccccc2CNc2cc(Cl)cc(C(=O)CI)c2O)cc1. The van der Waals surface area contributed by atoms with Crippen LogP contribution in [0, 0.1) is 6.92 Å². The summed E-state index contributed by atoms with van der Waals surface area (Å²) in [5.41, 5.74) is 3.02. The van der Waals surface area contributed by atoms with E-state index in [0.29, 0.717) is 17.3 Å². The molecule has 3 aromatic rings. The third-order valence-corrected chi connectivity index (χ3v) is 6.22. The van der Waals surface area contributed by atoms with Gasteiger partial charge in [0.25, 0.3) is 0 Å². The van der Waals surface area contributed by atoms with Gasteiger partial charge in [-0.3, -0.25) is 4.79 Å². The maximum atomic E-state index is 12.0. The van der Waals surface area contributed by atoms with Crippen LogP contribution in [-0.2, 0) is 6.54 Å². The van der Waals surface area contributed by atoms with E-state index in [9.17, 15) is 9.90 Å². The second kappa shape index (κ2) is 9.67. The van der Waals surface area contributed by atoms with E-state index in [-0.39, 0.29) is 21.5 Å². The lowest BCUT2D eigenvalue weighted by Crippen LogP contribution is -2.05. The number of halogens is 2. The van der Waals surface area contributed by atoms with Gasteiger partial charge in [0.1, 0.15) is 5.75 Å². The minimum atomic E-state index is -0.154. The van der Waals surface area contributed by atoms with Crippen LogP contribution in [0.1, 0.15) is 21.5 Å². The summed E-state index contributed by atoms with van der Waals surface area (Å²) in [6.45, 7) is 2.57. The van der Waals surface area contributed by atoms with Crippen LogP contribution in [0.15, 0.2) is 70.5 Å². The lowest BCUT2D eigenvalue weighted by atomic mass is 10.1. The van der Waals surface area contributed by atoms with Crippen LogP contribution in [-0.4, -0.2) is 15.3 Å². The molecule has 28 heavy (non-hydrogen) atoms. The normalized spacial score (nSPS) is 10.7. The van der Waals surface area contributed by atoms with Gasteiger partial charge in [0.2, 0.25) is 0 Å². The molecule has 0 amide bonds. The van der Waals surface area contributed by atoms with Crippen molar-refractivity contribution in [2.75, 3.05) is 9.74 Å². The Morgan fingerprint density at radius 1 is 1.14 bits per heavy atom. The van der Waals surface area contributed by atoms with Gasteiger partial charge in [-0.1, -0.05) is 81.8 Å². The average Bonchev–Trinajstić information content (AvgIpc) is 2.70. The van der Waals surface area contributed by atoms with Crippen LogP contribution in [0.25, 0.3) is 0 Å². The number of ketones is 1. The number of rotatable bonds is 7. The summed E-state index contributed by atoms with van der Waals surface area (Å²) in [4.78, 5) is 14.3. The van der Waals surface area contributed by atoms with Crippen molar-refractivity contribution < 1.29 is 9.90 Å². The molecule has 3 aromatic carbocycles. The molecule has 3 rings (SSSR count). The van der Waals surface area contributed by atoms with E-state index in [1.165, 1.54) is 16.5 Å². The largest absolute Gasteiger partial charge is 0.505 e. The highest BCUT2D eigenvalue weighted by Crippen LogP contribution is 2.34. The third-order valence-electron chi connectivity index (χ3n) is 4.19. The van der Waals surface area contributed by atoms with E-state index < -0.39 is 0 Å². The van der Waals surface area contributed by atoms with Gasteiger partial charge in [-0.25, -0.2) is 0 Å². The molecule has 0 aliphatic heterocycles. The fourth-order valence-electron chi connectivity index (χ4n) is 2.69. The van der Waals surface area contributed by atoms with Crippen LogP contribution < -0.4 is 5.32 Å². The quantitative estimate of drug-likeness (QED) is 0.156. The summed E-state index contributed by atoms with van der Waals surface area (Å²) in [7, 11) is 0. The lowest BCUT2D eigenvalue weighted by molar-refractivity contribution is 0.102. The number of nitrogens with one attached hydrogen (secondary N) is 1. The van der Waals surface area contributed by atoms with Crippen molar-refractivity contribution >= 4 is 57.4 Å². The van der Waals surface area contributed by atoms with Crippen molar-refractivity contribution in [3.63, 3.8) is 0 Å². The number of phenolic OH excluding ortho intramolecular Hbond substituents is 1. The molecular formula is C22H19ClINO2S. The van der Waals surface area contributed by atoms with Gasteiger partial charge in [0, 0.05) is 21.4 Å². The first kappa shape index (κ1) is 21.0. The van der Waals surface area contributed by atoms with Crippen LogP contribution in [0.2, 0.25) is 5.02 Å². The first-order valence-electron chi connectivity index (χ1n) is 8.66. The van der Waals surface area contributed by atoms with Crippen molar-refractivity contribution in [3.8, 4) is 5.75 Å². The topological polar surface area (TPSA) is 49.3 Å². The van der Waals surface area contributed by atoms with Crippen LogP contribution in [0.3, 0.4) is 0 Å². The summed E-state index contributed by atoms with van der Waals surface area (Å²) in [5.74, 6) is -0.214. The van der Waals surface area contributed by atoms with Crippen molar-refractivity contribution in [3.05, 3.63) is 82.4 Å². The number of hydrogen-bond acceptors (Lipinski definition) is 4. The smallest absolute Gasteiger partial charge is 0.176 e. The first-order chi connectivity index (χ1) is 13.5. The molecule has 0 radical (unpaired) electrons. The number of Topliss-reactive ketones (excluding diaryl/α,β-unsaturated/α-hetero) is 1. The summed E-state index contributed by atoms with van der Waals surface area (Å²) in [6.07, 6.45) is 0. The Bertz CT molecular complexity index is 992. The lowest BCUT2D eigenvalue weighted by Gasteiger charge is -2.14. The molecule has 0 atom stereocenters. The van der Waals surface area contributed by atoms with Gasteiger partial charge in [-0.2, -0.15) is 0 Å². The molecular weight excluding hydrogens is 505 g/mol. The summed E-state index contributed by atoms with van der Waals surface area (Å²) < 4.78 is 0.279. The zero-order valence-corrected chi connectivity index (χ0v) is 18.9. The molecule has 0 saturated heterocycles. The number of hydrogen-bond donors (Lipinski definition) is 2. The highest BCUT2D eigenvalue weighted by atomic mass is 127. The second-order valence-corrected chi connectivity index (χ2v) is 8.60. The van der Waals surface area contributed by atoms with Crippen molar-refractivity contribution in [2.45, 2.75) is 23.3 Å². The minimum Gasteiger partial charge on any atom is -0.505 e. The molecule has 0 saturated carbocycles. The predicted octanol–water partition coefficient (Wildman–Crippen LogP) is 6.74. The molecule has 0 spiro atoms. The average molecular weight is 524 g/mol. The molecule has 0 heterocycles. The molecule has 0 fully saturated rings. The fourth-order valence-corrected chi connectivity index (χ4v) is 4.26. The van der Waals surface area contributed by atoms with Crippen LogP contribution in [0.5, 0.6) is 5.75 Å². The molecule has 6 heteroatoms. The second-order valence-electron chi connectivity index (χ2n) is 6.28. The highest BCUT2D eigenvalue weighted by Gasteiger charge is 2.15. The number of alkyl halides is 1. The van der Waals surface area contributed by atoms with E-state index in [1.54, 1.807) is 17.8 Å². The van der Waals surface area contributed by atoms with Crippen molar-refractivity contribution in [1.29, 1.82) is 0 Å². The van der Waals surface area contributed by atoms with E-state index >= 15 is 0 Å². The molecule has 0 aromatic heterocycles. The number of aryl methyl sites for hydroxylation is 1. The standard InChI is InChI=1S/C22H19ClINO2S/c1-14-6-8-17(9-7-14)28-21-5-3-2-4-15(21)13-25-19-11-16(23)10-18(22(19)27)20(26)12-24/h2-11,25,27H,12-13H2,1H3. The Hall–Kier alpha value is -1.70. The number of carbonyl (C=O) groups is 1. The Labute approximate surface area is 187 Å². The van der Waals surface area contributed by atoms with Gasteiger partial charge < -0.3 is 10.4 Å². The molecule has 2 N–H and O–H groups in total. The van der Waals surface area contributed by atoms with Gasteiger partial charge >= 0.3 is 0 Å². The van der Waals surface area contributed by atoms with Crippen molar-refractivity contribution in [2.24, 2.45) is 0 Å². The summed E-state index contributed by atoms with van der Waals surface area (Å²) >= 11 is 9.82. The minimum absolute atomic E-state index is 0.0604. The molecule has 0 aliphatic rings. The zero-order valence-electron chi connectivity index (χ0n) is 15.2. The number of aromatic hydroxyl groups is 1. The number of carbonyl (C=O) groups excluding carboxylic acids is 1. The number of phenols is 1. The van der Waals surface area contributed by atoms with E-state index in [1.807, 2.05) is 40.8 Å². The Morgan fingerprint density at radius 3 is 2.57 bits per heavy atom. The number of anilines is 1. The molecule has 0 bridgehead atoms. The Morgan fingerprint density at radius 2 is 1.86 bits per heavy atom. The van der Waals surface area contributed by atoms with Crippen molar-refractivity contribution in [1.82, 2.24) is 0 Å². The Balaban J connectivity index is 1.81. The maximum Gasteiger partial charge on any atom is 0.176 e. The van der Waals surface area contributed by atoms with E-state index in [4.69, 9.17) is 11.6 Å². The maximum absolute atomic E-state index is 12.0. The van der Waals surface area contributed by atoms with E-state index in [2.05, 4.69) is 42.6 Å². The predicted molar refractivity (Wildman–Crippen MR) is 125 cm³/mol. The molecule has 0 unspecified atom stereocenters. The zero-order chi connectivity index (χ0) is 20.1. The van der Waals surface area contributed by atoms with Crippen LogP contribution in [0.4, 0.5) is 5.69 Å². The van der Waals surface area contributed by atoms with Crippen LogP contribution >= 0.6 is 46.0 Å². The van der Waals surface area contributed by atoms with E-state index in [0.717, 1.165) is 10.5 Å². The first-order valence-corrected chi connectivity index (χ1v) is 11.4. The number of benzene rings is 3. The molecule has 144 valence electrons. The van der Waals surface area contributed by atoms with Gasteiger partial charge in [-0.05, 0) is 42.8 Å². The summed E-state index contributed by atoms with van der Waals surface area (Å²) in [6, 6.07) is 19.7. The Kier molecular flexibility index (Phi) is 7.26.